The molecule has 0 amide bonds. The number of carbonyl (C=O) groups is 1. The van der Waals surface area contributed by atoms with Crippen molar-refractivity contribution in [2.45, 2.75) is 42.4 Å². The van der Waals surface area contributed by atoms with Gasteiger partial charge in [0.2, 0.25) is 0 Å². The second-order valence-corrected chi connectivity index (χ2v) is 9.58. The van der Waals surface area contributed by atoms with Crippen LogP contribution in [0, 0.1) is 0 Å². The van der Waals surface area contributed by atoms with Crippen molar-refractivity contribution in [2.24, 2.45) is 0 Å². The van der Waals surface area contributed by atoms with Crippen LogP contribution in [0.1, 0.15) is 31.0 Å². The highest BCUT2D eigenvalue weighted by molar-refractivity contribution is 7.99. The fourth-order valence-corrected chi connectivity index (χ4v) is 5.06. The van der Waals surface area contributed by atoms with Gasteiger partial charge in [0, 0.05) is 49.5 Å². The summed E-state index contributed by atoms with van der Waals surface area (Å²) >= 11 is 8.28. The maximum atomic E-state index is 10.6. The fraction of sp³-hybridized carbons (Fsp3) is 0.391. The van der Waals surface area contributed by atoms with Gasteiger partial charge in [-0.2, -0.15) is 13.2 Å². The highest BCUT2D eigenvalue weighted by Crippen LogP contribution is 2.42. The maximum absolute atomic E-state index is 10.6. The first-order chi connectivity index (χ1) is 17.7. The molecule has 9 nitrogen and oxygen atoms in total. The maximum Gasteiger partial charge on any atom is 0.490 e. The van der Waals surface area contributed by atoms with Crippen LogP contribution in [0.2, 0.25) is 0 Å². The summed E-state index contributed by atoms with van der Waals surface area (Å²) in [6, 6.07) is 1.98. The Hall–Kier alpha value is -3.03. The zero-order chi connectivity index (χ0) is 26.6. The van der Waals surface area contributed by atoms with Gasteiger partial charge in [0.05, 0.1) is 16.3 Å². The predicted molar refractivity (Wildman–Crippen MR) is 134 cm³/mol. The normalized spacial score (nSPS) is 15.8. The third-order valence-corrected chi connectivity index (χ3v) is 6.95. The van der Waals surface area contributed by atoms with Crippen molar-refractivity contribution in [2.75, 3.05) is 31.1 Å². The number of anilines is 1. The van der Waals surface area contributed by atoms with Crippen LogP contribution in [0.5, 0.6) is 0 Å². The number of nitrogens with zero attached hydrogens (tertiary/aromatic N) is 6. The molecule has 0 saturated carbocycles. The SMILES string of the molecule is CCC1=C(Cl)c2c(nc(Sc3cnc4nccnc4c3)nc2N2CCCNCC2)C1.O=C(O)C(F)(F)F. The smallest absolute Gasteiger partial charge is 0.475 e. The molecule has 37 heavy (non-hydrogen) atoms. The zero-order valence-electron chi connectivity index (χ0n) is 19.7. The van der Waals surface area contributed by atoms with Gasteiger partial charge in [0.25, 0.3) is 0 Å². The van der Waals surface area contributed by atoms with E-state index in [1.165, 1.54) is 17.3 Å². The third kappa shape index (κ3) is 6.46. The number of hydrogen-bond acceptors (Lipinski definition) is 9. The molecule has 0 unspecified atom stereocenters. The number of carboxylic acids is 1. The molecule has 4 heterocycles. The van der Waals surface area contributed by atoms with Gasteiger partial charge in [-0.1, -0.05) is 18.5 Å². The topological polar surface area (TPSA) is 117 Å². The molecule has 2 aliphatic rings. The van der Waals surface area contributed by atoms with Gasteiger partial charge >= 0.3 is 12.1 Å². The van der Waals surface area contributed by atoms with Crippen molar-refractivity contribution >= 4 is 51.3 Å². The molecule has 0 bridgehead atoms. The minimum Gasteiger partial charge on any atom is -0.475 e. The van der Waals surface area contributed by atoms with Crippen molar-refractivity contribution in [3.05, 3.63) is 41.5 Å². The summed E-state index contributed by atoms with van der Waals surface area (Å²) in [5.74, 6) is -1.80. The number of allylic oxidation sites excluding steroid dienone is 1. The Morgan fingerprint density at radius 1 is 1.19 bits per heavy atom. The van der Waals surface area contributed by atoms with Crippen molar-refractivity contribution in [3.63, 3.8) is 0 Å². The lowest BCUT2D eigenvalue weighted by Crippen LogP contribution is -2.29. The standard InChI is InChI=1S/C21H22ClN7S.C2HF3O2/c1-2-13-10-15-17(18(13)22)20(29-8-3-4-23-7-9-29)28-21(27-15)30-14-11-16-19(26-12-14)25-6-5-24-16;3-2(4,5)1(6)7/h5-6,11-12,23H,2-4,7-10H2,1H3;(H,6,7). The van der Waals surface area contributed by atoms with Crippen LogP contribution in [0.25, 0.3) is 16.2 Å². The number of pyridine rings is 1. The quantitative estimate of drug-likeness (QED) is 0.452. The number of rotatable bonds is 4. The highest BCUT2D eigenvalue weighted by atomic mass is 35.5. The van der Waals surface area contributed by atoms with E-state index in [1.807, 2.05) is 6.07 Å². The van der Waals surface area contributed by atoms with E-state index in [4.69, 9.17) is 31.5 Å². The van der Waals surface area contributed by atoms with Crippen molar-refractivity contribution in [1.29, 1.82) is 0 Å². The first kappa shape index (κ1) is 27.0. The molecule has 2 N–H and O–H groups in total. The zero-order valence-corrected chi connectivity index (χ0v) is 21.3. The summed E-state index contributed by atoms with van der Waals surface area (Å²) in [5.41, 5.74) is 4.68. The van der Waals surface area contributed by atoms with E-state index in [-0.39, 0.29) is 0 Å². The van der Waals surface area contributed by atoms with E-state index < -0.39 is 12.1 Å². The van der Waals surface area contributed by atoms with Crippen LogP contribution in [0.4, 0.5) is 19.0 Å². The van der Waals surface area contributed by atoms with Crippen LogP contribution >= 0.6 is 23.4 Å². The summed E-state index contributed by atoms with van der Waals surface area (Å²) < 4.78 is 31.7. The minimum atomic E-state index is -5.08. The van der Waals surface area contributed by atoms with Crippen molar-refractivity contribution in [1.82, 2.24) is 30.2 Å². The van der Waals surface area contributed by atoms with Gasteiger partial charge < -0.3 is 15.3 Å². The van der Waals surface area contributed by atoms with E-state index in [0.29, 0.717) is 10.8 Å². The van der Waals surface area contributed by atoms with Crippen LogP contribution in [-0.2, 0) is 11.2 Å². The molecule has 1 fully saturated rings. The molecule has 0 radical (unpaired) electrons. The second-order valence-electron chi connectivity index (χ2n) is 8.17. The van der Waals surface area contributed by atoms with Gasteiger partial charge in [-0.25, -0.2) is 24.7 Å². The monoisotopic (exact) mass is 553 g/mol. The number of halogens is 4. The van der Waals surface area contributed by atoms with E-state index >= 15 is 0 Å². The van der Waals surface area contributed by atoms with E-state index in [1.54, 1.807) is 18.6 Å². The molecule has 3 aromatic rings. The van der Waals surface area contributed by atoms with Crippen LogP contribution in [-0.4, -0.2) is 68.4 Å². The van der Waals surface area contributed by atoms with Crippen molar-refractivity contribution in [3.8, 4) is 0 Å². The summed E-state index contributed by atoms with van der Waals surface area (Å²) in [5, 5.41) is 12.1. The molecular weight excluding hydrogens is 531 g/mol. The molecular formula is C23H23ClF3N7O2S. The largest absolute Gasteiger partial charge is 0.490 e. The molecule has 1 aliphatic heterocycles. The van der Waals surface area contributed by atoms with E-state index in [9.17, 15) is 13.2 Å². The Morgan fingerprint density at radius 3 is 2.68 bits per heavy atom. The molecule has 1 aliphatic carbocycles. The lowest BCUT2D eigenvalue weighted by Gasteiger charge is -2.24. The Balaban J connectivity index is 0.000000405. The van der Waals surface area contributed by atoms with Crippen LogP contribution < -0.4 is 10.2 Å². The Labute approximate surface area is 219 Å². The number of fused-ring (bicyclic) bond motifs is 2. The molecule has 0 aromatic carbocycles. The number of aliphatic carboxylic acids is 1. The molecule has 0 atom stereocenters. The Bertz CT molecular complexity index is 1330. The average molecular weight is 554 g/mol. The van der Waals surface area contributed by atoms with Gasteiger partial charge in [-0.15, -0.1) is 0 Å². The van der Waals surface area contributed by atoms with Gasteiger partial charge in [0.15, 0.2) is 10.8 Å². The summed E-state index contributed by atoms with van der Waals surface area (Å²) in [6.07, 6.45) is 2.84. The molecule has 14 heteroatoms. The average Bonchev–Trinajstić information content (AvgIpc) is 3.02. The molecule has 3 aromatic heterocycles. The Morgan fingerprint density at radius 2 is 1.95 bits per heavy atom. The van der Waals surface area contributed by atoms with Gasteiger partial charge in [-0.05, 0) is 42.8 Å². The van der Waals surface area contributed by atoms with Crippen LogP contribution in [0.15, 0.2) is 40.3 Å². The third-order valence-electron chi connectivity index (χ3n) is 5.67. The highest BCUT2D eigenvalue weighted by Gasteiger charge is 2.38. The summed E-state index contributed by atoms with van der Waals surface area (Å²) in [4.78, 5) is 35.0. The van der Waals surface area contributed by atoms with Crippen molar-refractivity contribution < 1.29 is 23.1 Å². The fourth-order valence-electron chi connectivity index (χ4n) is 3.89. The first-order valence-corrected chi connectivity index (χ1v) is 12.7. The molecule has 196 valence electrons. The lowest BCUT2D eigenvalue weighted by molar-refractivity contribution is -0.192. The summed E-state index contributed by atoms with van der Waals surface area (Å²) in [7, 11) is 0. The number of nitrogens with one attached hydrogen (secondary N) is 1. The summed E-state index contributed by atoms with van der Waals surface area (Å²) in [6.45, 7) is 5.98. The number of alkyl halides is 3. The molecule has 1 saturated heterocycles. The first-order valence-electron chi connectivity index (χ1n) is 11.5. The van der Waals surface area contributed by atoms with Gasteiger partial charge in [-0.3, -0.25) is 4.98 Å². The predicted octanol–water partition coefficient (Wildman–Crippen LogP) is 4.32. The second kappa shape index (κ2) is 11.6. The molecule has 0 spiro atoms. The minimum absolute atomic E-state index is 0.637. The number of carboxylic acid groups (broad SMARTS) is 1. The lowest BCUT2D eigenvalue weighted by atomic mass is 10.2. The van der Waals surface area contributed by atoms with Crippen LogP contribution in [0.3, 0.4) is 0 Å². The number of hydrogen-bond donors (Lipinski definition) is 2. The molecule has 5 rings (SSSR count). The number of aromatic nitrogens is 5. The Kier molecular flexibility index (Phi) is 8.45. The van der Waals surface area contributed by atoms with E-state index in [2.05, 4.69) is 32.1 Å². The van der Waals surface area contributed by atoms with Gasteiger partial charge in [0.1, 0.15) is 11.3 Å². The van der Waals surface area contributed by atoms with E-state index in [0.717, 1.165) is 78.0 Å².